The smallest absolute Gasteiger partial charge is 0.308 e. The van der Waals surface area contributed by atoms with E-state index >= 15 is 0 Å². The number of esters is 2. The third-order valence-corrected chi connectivity index (χ3v) is 3.14. The highest BCUT2D eigenvalue weighted by atomic mass is 16.5. The molecule has 0 aromatic rings. The zero-order chi connectivity index (χ0) is 14.7. The zero-order valence-corrected chi connectivity index (χ0v) is 12.4. The van der Waals surface area contributed by atoms with E-state index < -0.39 is 0 Å². The van der Waals surface area contributed by atoms with Crippen molar-refractivity contribution in [2.24, 2.45) is 11.8 Å². The van der Waals surface area contributed by atoms with Gasteiger partial charge in [-0.05, 0) is 25.7 Å². The van der Waals surface area contributed by atoms with Gasteiger partial charge in [0, 0.05) is 0 Å². The van der Waals surface area contributed by atoms with Crippen molar-refractivity contribution in [2.45, 2.75) is 52.4 Å². The molecule has 4 heteroatoms. The molecule has 0 saturated heterocycles. The number of hydrogen-bond donors (Lipinski definition) is 0. The third kappa shape index (κ3) is 7.85. The summed E-state index contributed by atoms with van der Waals surface area (Å²) >= 11 is 0. The van der Waals surface area contributed by atoms with Crippen LogP contribution in [0.3, 0.4) is 0 Å². The third-order valence-electron chi connectivity index (χ3n) is 3.14. The SMILES string of the molecule is [CH2]CCCC(CCC(C)C(=O)OCCC)C(=O)OC. The molecule has 1 radical (unpaired) electrons. The van der Waals surface area contributed by atoms with E-state index in [1.165, 1.54) is 7.11 Å². The van der Waals surface area contributed by atoms with Crippen molar-refractivity contribution in [3.63, 3.8) is 0 Å². The standard InChI is InChI=1S/C15H27O4/c1-5-7-8-13(15(17)18-4)10-9-12(3)14(16)19-11-6-2/h12-13H,1,5-11H2,2-4H3. The summed E-state index contributed by atoms with van der Waals surface area (Å²) in [4.78, 5) is 23.2. The lowest BCUT2D eigenvalue weighted by molar-refractivity contribution is -0.150. The van der Waals surface area contributed by atoms with Crippen LogP contribution in [0.15, 0.2) is 0 Å². The second-order valence-corrected chi connectivity index (χ2v) is 4.86. The van der Waals surface area contributed by atoms with E-state index in [0.29, 0.717) is 19.4 Å². The minimum absolute atomic E-state index is 0.131. The van der Waals surface area contributed by atoms with Crippen LogP contribution in [0.4, 0.5) is 0 Å². The van der Waals surface area contributed by atoms with Gasteiger partial charge in [-0.2, -0.15) is 0 Å². The van der Waals surface area contributed by atoms with Gasteiger partial charge in [-0.3, -0.25) is 9.59 Å². The van der Waals surface area contributed by atoms with Crippen molar-refractivity contribution < 1.29 is 19.1 Å². The summed E-state index contributed by atoms with van der Waals surface area (Å²) in [5.41, 5.74) is 0. The van der Waals surface area contributed by atoms with E-state index in [-0.39, 0.29) is 23.8 Å². The first-order chi connectivity index (χ1) is 9.06. The average Bonchev–Trinajstić information content (AvgIpc) is 2.43. The monoisotopic (exact) mass is 271 g/mol. The van der Waals surface area contributed by atoms with Crippen LogP contribution in [0.5, 0.6) is 0 Å². The summed E-state index contributed by atoms with van der Waals surface area (Å²) in [6.07, 6.45) is 4.62. The predicted octanol–water partition coefficient (Wildman–Crippen LogP) is 3.15. The number of ether oxygens (including phenoxy) is 2. The maximum absolute atomic E-state index is 11.6. The minimum Gasteiger partial charge on any atom is -0.469 e. The lowest BCUT2D eigenvalue weighted by atomic mass is 9.93. The quantitative estimate of drug-likeness (QED) is 0.573. The Morgan fingerprint density at radius 1 is 1.16 bits per heavy atom. The molecule has 111 valence electrons. The Bertz CT molecular complexity index is 263. The van der Waals surface area contributed by atoms with Crippen molar-refractivity contribution in [3.05, 3.63) is 6.92 Å². The van der Waals surface area contributed by atoms with Gasteiger partial charge < -0.3 is 9.47 Å². The van der Waals surface area contributed by atoms with E-state index in [9.17, 15) is 9.59 Å². The van der Waals surface area contributed by atoms with Crippen LogP contribution < -0.4 is 0 Å². The van der Waals surface area contributed by atoms with Crippen molar-refractivity contribution in [2.75, 3.05) is 13.7 Å². The van der Waals surface area contributed by atoms with Crippen LogP contribution in [0, 0.1) is 18.8 Å². The Balaban J connectivity index is 4.14. The number of methoxy groups -OCH3 is 1. The first-order valence-corrected chi connectivity index (χ1v) is 7.10. The molecule has 0 rings (SSSR count). The van der Waals surface area contributed by atoms with Crippen molar-refractivity contribution in [1.82, 2.24) is 0 Å². The molecule has 0 fully saturated rings. The fourth-order valence-electron chi connectivity index (χ4n) is 1.85. The first-order valence-electron chi connectivity index (χ1n) is 7.10. The number of carbonyl (C=O) groups is 2. The molecule has 0 spiro atoms. The molecule has 0 aromatic carbocycles. The molecule has 0 amide bonds. The van der Waals surface area contributed by atoms with Crippen LogP contribution in [0.2, 0.25) is 0 Å². The summed E-state index contributed by atoms with van der Waals surface area (Å²) in [6, 6.07) is 0. The Morgan fingerprint density at radius 2 is 1.84 bits per heavy atom. The topological polar surface area (TPSA) is 52.6 Å². The second-order valence-electron chi connectivity index (χ2n) is 4.86. The summed E-state index contributed by atoms with van der Waals surface area (Å²) in [6.45, 7) is 8.04. The molecule has 0 N–H and O–H groups in total. The predicted molar refractivity (Wildman–Crippen MR) is 74.4 cm³/mol. The van der Waals surface area contributed by atoms with E-state index in [1.807, 2.05) is 13.8 Å². The second kappa shape index (κ2) is 10.8. The first kappa shape index (κ1) is 17.9. The van der Waals surface area contributed by atoms with Crippen LogP contribution in [0.25, 0.3) is 0 Å². The van der Waals surface area contributed by atoms with Gasteiger partial charge in [0.05, 0.1) is 25.6 Å². The lowest BCUT2D eigenvalue weighted by Gasteiger charge is -2.16. The van der Waals surface area contributed by atoms with Crippen molar-refractivity contribution >= 4 is 11.9 Å². The summed E-state index contributed by atoms with van der Waals surface area (Å²) < 4.78 is 9.88. The van der Waals surface area contributed by atoms with Gasteiger partial charge in [0.1, 0.15) is 0 Å². The van der Waals surface area contributed by atoms with Gasteiger partial charge >= 0.3 is 11.9 Å². The molecule has 0 aliphatic heterocycles. The van der Waals surface area contributed by atoms with Crippen LogP contribution in [0.1, 0.15) is 52.4 Å². The van der Waals surface area contributed by atoms with Crippen LogP contribution >= 0.6 is 0 Å². The molecule has 4 nitrogen and oxygen atoms in total. The summed E-state index contributed by atoms with van der Waals surface area (Å²) in [5.74, 6) is -0.670. The maximum atomic E-state index is 11.6. The molecule has 0 heterocycles. The molecule has 19 heavy (non-hydrogen) atoms. The molecular weight excluding hydrogens is 244 g/mol. The van der Waals surface area contributed by atoms with Gasteiger partial charge in [0.2, 0.25) is 0 Å². The molecule has 0 aromatic heterocycles. The Kier molecular flexibility index (Phi) is 10.2. The van der Waals surface area contributed by atoms with E-state index in [0.717, 1.165) is 25.7 Å². The van der Waals surface area contributed by atoms with Gasteiger partial charge in [-0.1, -0.05) is 33.6 Å². The number of carbonyl (C=O) groups excluding carboxylic acids is 2. The van der Waals surface area contributed by atoms with E-state index in [4.69, 9.17) is 9.47 Å². The minimum atomic E-state index is -0.192. The Labute approximate surface area is 116 Å². The fraction of sp³-hybridized carbons (Fsp3) is 0.800. The molecule has 0 saturated carbocycles. The van der Waals surface area contributed by atoms with E-state index in [2.05, 4.69) is 6.92 Å². The fourth-order valence-corrected chi connectivity index (χ4v) is 1.85. The van der Waals surface area contributed by atoms with Crippen molar-refractivity contribution in [3.8, 4) is 0 Å². The number of unbranched alkanes of at least 4 members (excludes halogenated alkanes) is 1. The highest BCUT2D eigenvalue weighted by molar-refractivity contribution is 5.73. The van der Waals surface area contributed by atoms with E-state index in [1.54, 1.807) is 0 Å². The Hall–Kier alpha value is -1.06. The molecule has 0 bridgehead atoms. The van der Waals surface area contributed by atoms with Gasteiger partial charge in [-0.25, -0.2) is 0 Å². The number of rotatable bonds is 10. The normalized spacial score (nSPS) is 13.7. The summed E-state index contributed by atoms with van der Waals surface area (Å²) in [7, 11) is 1.40. The van der Waals surface area contributed by atoms with Gasteiger partial charge in [0.15, 0.2) is 0 Å². The average molecular weight is 271 g/mol. The molecule has 0 aliphatic rings. The number of hydrogen-bond acceptors (Lipinski definition) is 4. The molecule has 0 aliphatic carbocycles. The largest absolute Gasteiger partial charge is 0.469 e. The summed E-state index contributed by atoms with van der Waals surface area (Å²) in [5, 5.41) is 0. The Morgan fingerprint density at radius 3 is 2.37 bits per heavy atom. The van der Waals surface area contributed by atoms with Crippen LogP contribution in [-0.2, 0) is 19.1 Å². The highest BCUT2D eigenvalue weighted by Gasteiger charge is 2.22. The lowest BCUT2D eigenvalue weighted by Crippen LogP contribution is -2.20. The zero-order valence-electron chi connectivity index (χ0n) is 12.4. The van der Waals surface area contributed by atoms with Gasteiger partial charge in [-0.15, -0.1) is 0 Å². The molecule has 2 atom stereocenters. The van der Waals surface area contributed by atoms with Crippen molar-refractivity contribution in [1.29, 1.82) is 0 Å². The maximum Gasteiger partial charge on any atom is 0.308 e. The van der Waals surface area contributed by atoms with Crippen LogP contribution in [-0.4, -0.2) is 25.7 Å². The molecule has 2 unspecified atom stereocenters. The van der Waals surface area contributed by atoms with Gasteiger partial charge in [0.25, 0.3) is 0 Å². The molecular formula is C15H27O4. The highest BCUT2D eigenvalue weighted by Crippen LogP contribution is 2.20.